The molecule has 1 amide bonds. The van der Waals surface area contributed by atoms with Gasteiger partial charge in [0.15, 0.2) is 0 Å². The van der Waals surface area contributed by atoms with Gasteiger partial charge in [-0.15, -0.1) is 0 Å². The summed E-state index contributed by atoms with van der Waals surface area (Å²) in [6.07, 6.45) is 9.12. The number of amides is 1. The molecule has 5 heteroatoms. The molecule has 0 radical (unpaired) electrons. The van der Waals surface area contributed by atoms with Gasteiger partial charge in [0.2, 0.25) is 5.91 Å². The van der Waals surface area contributed by atoms with E-state index in [0.29, 0.717) is 12.5 Å². The molecule has 1 aromatic rings. The van der Waals surface area contributed by atoms with Gasteiger partial charge in [-0.25, -0.2) is 4.98 Å². The van der Waals surface area contributed by atoms with Crippen molar-refractivity contribution in [3.8, 4) is 0 Å². The summed E-state index contributed by atoms with van der Waals surface area (Å²) >= 11 is 2.31. The van der Waals surface area contributed by atoms with Gasteiger partial charge in [-0.2, -0.15) is 0 Å². The maximum atomic E-state index is 12.1. The molecular weight excluding hydrogens is 365 g/mol. The Morgan fingerprint density at radius 1 is 1.35 bits per heavy atom. The number of hydrogen-bond acceptors (Lipinski definition) is 3. The van der Waals surface area contributed by atoms with Crippen LogP contribution in [0.1, 0.15) is 29.9 Å². The quantitative estimate of drug-likeness (QED) is 0.742. The third-order valence-corrected chi connectivity index (χ3v) is 4.99. The second-order valence-corrected chi connectivity index (χ2v) is 6.69. The van der Waals surface area contributed by atoms with Gasteiger partial charge in [0, 0.05) is 29.0 Å². The van der Waals surface area contributed by atoms with E-state index in [1.54, 1.807) is 0 Å². The van der Waals surface area contributed by atoms with Gasteiger partial charge in [0.25, 0.3) is 0 Å². The van der Waals surface area contributed by atoms with E-state index in [4.69, 9.17) is 4.98 Å². The van der Waals surface area contributed by atoms with Gasteiger partial charge in [-0.3, -0.25) is 9.78 Å². The highest BCUT2D eigenvalue weighted by Crippen LogP contribution is 2.34. The second-order valence-electron chi connectivity index (χ2n) is 5.53. The molecule has 4 nitrogen and oxygen atoms in total. The van der Waals surface area contributed by atoms with Gasteiger partial charge in [0.1, 0.15) is 0 Å². The van der Waals surface area contributed by atoms with Crippen LogP contribution in [0.15, 0.2) is 18.3 Å². The molecule has 0 aromatic carbocycles. The van der Waals surface area contributed by atoms with Crippen LogP contribution in [0.2, 0.25) is 0 Å². The zero-order valence-electron chi connectivity index (χ0n) is 11.0. The van der Waals surface area contributed by atoms with Crippen molar-refractivity contribution < 1.29 is 4.79 Å². The Morgan fingerprint density at radius 2 is 2.20 bits per heavy atom. The molecule has 0 unspecified atom stereocenters. The fourth-order valence-electron chi connectivity index (χ4n) is 2.69. The molecule has 2 heterocycles. The fourth-order valence-corrected chi connectivity index (χ4v) is 3.34. The summed E-state index contributed by atoms with van der Waals surface area (Å²) in [6, 6.07) is 0. The van der Waals surface area contributed by atoms with Crippen LogP contribution in [0.25, 0.3) is 9.15 Å². The standard InChI is InChI=1S/C15H14IN3O/c16-11-3-4-12-14(11)18-13(7-17-12)10-5-6-19(8-10)15(20)9-1-2-9/h3,5,7,9H,1-2,4,6,8H2. The first kappa shape index (κ1) is 12.5. The average Bonchev–Trinajstić information content (AvgIpc) is 3.09. The maximum absolute atomic E-state index is 12.1. The molecule has 1 aromatic heterocycles. The summed E-state index contributed by atoms with van der Waals surface area (Å²) < 4.78 is 1.18. The van der Waals surface area contributed by atoms with Gasteiger partial charge in [0.05, 0.1) is 23.3 Å². The van der Waals surface area contributed by atoms with Crippen molar-refractivity contribution in [2.75, 3.05) is 13.1 Å². The normalized spacial score (nSPS) is 20.8. The number of aromatic nitrogens is 2. The number of carbonyl (C=O) groups is 1. The van der Waals surface area contributed by atoms with E-state index in [0.717, 1.165) is 48.5 Å². The van der Waals surface area contributed by atoms with Crippen molar-refractivity contribution in [2.24, 2.45) is 5.92 Å². The minimum Gasteiger partial charge on any atom is -0.334 e. The van der Waals surface area contributed by atoms with Gasteiger partial charge in [-0.05, 0) is 41.0 Å². The lowest BCUT2D eigenvalue weighted by atomic mass is 10.2. The van der Waals surface area contributed by atoms with Crippen molar-refractivity contribution in [2.45, 2.75) is 19.3 Å². The number of fused-ring (bicyclic) bond motifs is 1. The van der Waals surface area contributed by atoms with Crippen molar-refractivity contribution in [1.29, 1.82) is 0 Å². The van der Waals surface area contributed by atoms with Crippen LogP contribution in [0, 0.1) is 5.92 Å². The number of rotatable bonds is 2. The molecule has 2 aliphatic carbocycles. The lowest BCUT2D eigenvalue weighted by Gasteiger charge is -2.16. The summed E-state index contributed by atoms with van der Waals surface area (Å²) in [4.78, 5) is 23.2. The van der Waals surface area contributed by atoms with Crippen molar-refractivity contribution >= 4 is 37.7 Å². The monoisotopic (exact) mass is 379 g/mol. The van der Waals surface area contributed by atoms with Gasteiger partial charge in [-0.1, -0.05) is 12.2 Å². The van der Waals surface area contributed by atoms with Crippen LogP contribution in [0.5, 0.6) is 0 Å². The summed E-state index contributed by atoms with van der Waals surface area (Å²) in [7, 11) is 0. The van der Waals surface area contributed by atoms with Gasteiger partial charge < -0.3 is 4.90 Å². The summed E-state index contributed by atoms with van der Waals surface area (Å²) in [5, 5.41) is 0. The zero-order valence-corrected chi connectivity index (χ0v) is 13.1. The smallest absolute Gasteiger partial charge is 0.226 e. The van der Waals surface area contributed by atoms with Crippen LogP contribution in [0.4, 0.5) is 0 Å². The SMILES string of the molecule is O=C(C1CC1)N1CC=C(c2cnc3c(n2)C(I)=CC3)C1. The Bertz CT molecular complexity index is 661. The molecule has 20 heavy (non-hydrogen) atoms. The molecule has 0 atom stereocenters. The summed E-state index contributed by atoms with van der Waals surface area (Å²) in [5.74, 6) is 0.595. The highest BCUT2D eigenvalue weighted by molar-refractivity contribution is 14.1. The lowest BCUT2D eigenvalue weighted by Crippen LogP contribution is -2.30. The molecule has 102 valence electrons. The van der Waals surface area contributed by atoms with Crippen LogP contribution < -0.4 is 0 Å². The Hall–Kier alpha value is -1.24. The first-order valence-corrected chi connectivity index (χ1v) is 8.00. The highest BCUT2D eigenvalue weighted by Gasteiger charge is 2.35. The first-order chi connectivity index (χ1) is 9.72. The van der Waals surface area contributed by atoms with E-state index in [2.05, 4.69) is 39.7 Å². The van der Waals surface area contributed by atoms with E-state index in [-0.39, 0.29) is 5.92 Å². The predicted octanol–water partition coefficient (Wildman–Crippen LogP) is 2.44. The third-order valence-electron chi connectivity index (χ3n) is 4.04. The molecule has 0 saturated heterocycles. The molecule has 0 N–H and O–H groups in total. The lowest BCUT2D eigenvalue weighted by molar-refractivity contribution is -0.131. The maximum Gasteiger partial charge on any atom is 0.226 e. The average molecular weight is 379 g/mol. The molecule has 4 rings (SSSR count). The molecule has 3 aliphatic rings. The minimum absolute atomic E-state index is 0.290. The molecule has 1 fully saturated rings. The first-order valence-electron chi connectivity index (χ1n) is 6.92. The van der Waals surface area contributed by atoms with Crippen molar-refractivity contribution in [3.05, 3.63) is 35.4 Å². The largest absolute Gasteiger partial charge is 0.334 e. The van der Waals surface area contributed by atoms with Crippen molar-refractivity contribution in [3.63, 3.8) is 0 Å². The number of nitrogens with zero attached hydrogens (tertiary/aromatic N) is 3. The topological polar surface area (TPSA) is 46.1 Å². The zero-order chi connectivity index (χ0) is 13.7. The predicted molar refractivity (Wildman–Crippen MR) is 85.0 cm³/mol. The number of allylic oxidation sites excluding steroid dienone is 1. The van der Waals surface area contributed by atoms with E-state index in [1.807, 2.05) is 11.1 Å². The third kappa shape index (κ3) is 2.08. The molecule has 0 spiro atoms. The number of carbonyl (C=O) groups excluding carboxylic acids is 1. The van der Waals surface area contributed by atoms with Crippen LogP contribution in [0.3, 0.4) is 0 Å². The second kappa shape index (κ2) is 4.65. The van der Waals surface area contributed by atoms with Crippen LogP contribution in [-0.2, 0) is 11.2 Å². The number of hydrogen-bond donors (Lipinski definition) is 0. The van der Waals surface area contributed by atoms with E-state index < -0.39 is 0 Å². The van der Waals surface area contributed by atoms with E-state index in [9.17, 15) is 4.79 Å². The molecule has 1 saturated carbocycles. The summed E-state index contributed by atoms with van der Waals surface area (Å²) in [6.45, 7) is 1.40. The Labute approximate surface area is 131 Å². The molecular formula is C15H14IN3O. The van der Waals surface area contributed by atoms with E-state index in [1.165, 1.54) is 3.58 Å². The molecule has 1 aliphatic heterocycles. The Morgan fingerprint density at radius 3 is 3.00 bits per heavy atom. The highest BCUT2D eigenvalue weighted by atomic mass is 127. The van der Waals surface area contributed by atoms with Gasteiger partial charge >= 0.3 is 0 Å². The Kier molecular flexibility index (Phi) is 2.90. The number of halogens is 1. The van der Waals surface area contributed by atoms with Crippen LogP contribution >= 0.6 is 22.6 Å². The summed E-state index contributed by atoms with van der Waals surface area (Å²) in [5.41, 5.74) is 4.11. The minimum atomic E-state index is 0.290. The van der Waals surface area contributed by atoms with Crippen LogP contribution in [-0.4, -0.2) is 33.9 Å². The molecule has 0 bridgehead atoms. The fraction of sp³-hybridized carbons (Fsp3) is 0.400. The Balaban J connectivity index is 1.55. The van der Waals surface area contributed by atoms with E-state index >= 15 is 0 Å². The van der Waals surface area contributed by atoms with Crippen molar-refractivity contribution in [1.82, 2.24) is 14.9 Å².